The molecule has 2 aromatic rings. The van der Waals surface area contributed by atoms with Gasteiger partial charge < -0.3 is 4.74 Å². The van der Waals surface area contributed by atoms with E-state index in [0.717, 1.165) is 20.2 Å². The van der Waals surface area contributed by atoms with Crippen LogP contribution in [-0.4, -0.2) is 21.8 Å². The number of ether oxygens (including phenoxy) is 1. The zero-order valence-corrected chi connectivity index (χ0v) is 17.5. The van der Waals surface area contributed by atoms with Crippen LogP contribution in [0.3, 0.4) is 0 Å². The van der Waals surface area contributed by atoms with Crippen molar-refractivity contribution in [2.75, 3.05) is 6.61 Å². The summed E-state index contributed by atoms with van der Waals surface area (Å²) in [7, 11) is 0. The van der Waals surface area contributed by atoms with Gasteiger partial charge in [0, 0.05) is 19.9 Å². The Hall–Kier alpha value is -1.35. The van der Waals surface area contributed by atoms with E-state index in [0.29, 0.717) is 10.1 Å². The second kappa shape index (κ2) is 8.35. The number of thiocarbonyl (C=S) groups is 1. The van der Waals surface area contributed by atoms with Gasteiger partial charge in [-0.2, -0.15) is 0 Å². The Morgan fingerprint density at radius 3 is 2.32 bits per heavy atom. The van der Waals surface area contributed by atoms with Crippen molar-refractivity contribution in [3.05, 3.63) is 68.4 Å². The van der Waals surface area contributed by atoms with Gasteiger partial charge in [0.1, 0.15) is 5.75 Å². The van der Waals surface area contributed by atoms with Crippen LogP contribution in [-0.2, 0) is 4.79 Å². The summed E-state index contributed by atoms with van der Waals surface area (Å²) in [5.74, 6) is 0.388. The number of rotatable bonds is 4. The Morgan fingerprint density at radius 2 is 1.68 bits per heavy atom. The largest absolute Gasteiger partial charge is 0.484 e. The Bertz CT molecular complexity index is 824. The standard InChI is InChI=1S/C17H12Br2N2O2S2/c18-12-3-1-11(2-4-12)15-10-25-17(24)20-21(15)16(22)9-23-14-7-5-13(19)6-8-14/h1-8,10H,9H2,(H,20,24). The molecular formula is C17H12Br2N2O2S2. The van der Waals surface area contributed by atoms with Crippen molar-refractivity contribution in [3.63, 3.8) is 0 Å². The summed E-state index contributed by atoms with van der Waals surface area (Å²) in [6.07, 6.45) is 0. The minimum Gasteiger partial charge on any atom is -0.484 e. The first-order valence-electron chi connectivity index (χ1n) is 7.17. The fraction of sp³-hybridized carbons (Fsp3) is 0.0588. The van der Waals surface area contributed by atoms with Gasteiger partial charge in [-0.05, 0) is 36.4 Å². The number of nitrogens with one attached hydrogen (secondary N) is 1. The SMILES string of the molecule is O=C(COc1ccc(Br)cc1)N1NC(=S)SC=C1c1ccc(Br)cc1. The van der Waals surface area contributed by atoms with Crippen LogP contribution in [0.1, 0.15) is 5.56 Å². The summed E-state index contributed by atoms with van der Waals surface area (Å²) >= 11 is 13.3. The number of halogens is 2. The summed E-state index contributed by atoms with van der Waals surface area (Å²) < 4.78 is 8.01. The van der Waals surface area contributed by atoms with Gasteiger partial charge in [-0.25, -0.2) is 5.01 Å². The number of nitrogens with zero attached hydrogens (tertiary/aromatic N) is 1. The van der Waals surface area contributed by atoms with Crippen LogP contribution < -0.4 is 10.2 Å². The molecule has 4 nitrogen and oxygen atoms in total. The molecule has 1 N–H and O–H groups in total. The van der Waals surface area contributed by atoms with Gasteiger partial charge >= 0.3 is 0 Å². The van der Waals surface area contributed by atoms with Gasteiger partial charge in [0.25, 0.3) is 5.91 Å². The van der Waals surface area contributed by atoms with E-state index < -0.39 is 0 Å². The Kier molecular flexibility index (Phi) is 6.16. The monoisotopic (exact) mass is 498 g/mol. The number of carbonyl (C=O) groups excluding carboxylic acids is 1. The third kappa shape index (κ3) is 4.84. The van der Waals surface area contributed by atoms with Gasteiger partial charge in [0.2, 0.25) is 0 Å². The lowest BCUT2D eigenvalue weighted by molar-refractivity contribution is -0.131. The maximum absolute atomic E-state index is 12.6. The third-order valence-corrected chi connectivity index (χ3v) is 5.37. The average Bonchev–Trinajstić information content (AvgIpc) is 2.62. The van der Waals surface area contributed by atoms with Gasteiger partial charge in [-0.3, -0.25) is 10.2 Å². The molecular weight excluding hydrogens is 488 g/mol. The van der Waals surface area contributed by atoms with Crippen molar-refractivity contribution >= 4 is 71.8 Å². The van der Waals surface area contributed by atoms with E-state index in [1.54, 1.807) is 12.1 Å². The second-order valence-corrected chi connectivity index (χ2v) is 8.38. The number of benzene rings is 2. The van der Waals surface area contributed by atoms with Crippen LogP contribution in [0.4, 0.5) is 0 Å². The number of amides is 1. The molecule has 0 saturated carbocycles. The second-order valence-electron chi connectivity index (χ2n) is 5.00. The first-order chi connectivity index (χ1) is 12.0. The molecule has 0 fully saturated rings. The van der Waals surface area contributed by atoms with Crippen molar-refractivity contribution in [3.8, 4) is 5.75 Å². The van der Waals surface area contributed by atoms with E-state index in [2.05, 4.69) is 37.3 Å². The van der Waals surface area contributed by atoms with Crippen molar-refractivity contribution in [1.82, 2.24) is 10.4 Å². The van der Waals surface area contributed by atoms with Gasteiger partial charge in [-0.15, -0.1) is 0 Å². The van der Waals surface area contributed by atoms with Crippen molar-refractivity contribution < 1.29 is 9.53 Å². The maximum Gasteiger partial charge on any atom is 0.283 e. The maximum atomic E-state index is 12.6. The number of hydrogen-bond acceptors (Lipinski definition) is 4. The van der Waals surface area contributed by atoms with Crippen molar-refractivity contribution in [1.29, 1.82) is 0 Å². The van der Waals surface area contributed by atoms with Crippen molar-refractivity contribution in [2.24, 2.45) is 0 Å². The topological polar surface area (TPSA) is 41.6 Å². The van der Waals surface area contributed by atoms with Gasteiger partial charge in [0.05, 0.1) is 5.70 Å². The van der Waals surface area contributed by atoms with Crippen LogP contribution in [0.25, 0.3) is 5.70 Å². The molecule has 0 atom stereocenters. The molecule has 128 valence electrons. The lowest BCUT2D eigenvalue weighted by atomic mass is 10.1. The van der Waals surface area contributed by atoms with E-state index >= 15 is 0 Å². The molecule has 1 aliphatic heterocycles. The normalized spacial score (nSPS) is 13.9. The van der Waals surface area contributed by atoms with Crippen LogP contribution in [0.15, 0.2) is 62.9 Å². The summed E-state index contributed by atoms with van der Waals surface area (Å²) in [6.45, 7) is -0.101. The highest BCUT2D eigenvalue weighted by atomic mass is 79.9. The summed E-state index contributed by atoms with van der Waals surface area (Å²) in [6, 6.07) is 15.0. The van der Waals surface area contributed by atoms with E-state index in [1.165, 1.54) is 16.8 Å². The first-order valence-corrected chi connectivity index (χ1v) is 10.0. The fourth-order valence-corrected chi connectivity index (χ4v) is 3.46. The number of hydrogen-bond donors (Lipinski definition) is 1. The van der Waals surface area contributed by atoms with E-state index in [-0.39, 0.29) is 12.5 Å². The van der Waals surface area contributed by atoms with Crippen LogP contribution in [0, 0.1) is 0 Å². The molecule has 0 aliphatic carbocycles. The zero-order valence-electron chi connectivity index (χ0n) is 12.7. The molecule has 0 radical (unpaired) electrons. The summed E-state index contributed by atoms with van der Waals surface area (Å²) in [4.78, 5) is 12.6. The molecule has 2 aromatic carbocycles. The highest BCUT2D eigenvalue weighted by Crippen LogP contribution is 2.27. The Labute approximate surface area is 171 Å². The third-order valence-electron chi connectivity index (χ3n) is 3.29. The smallest absolute Gasteiger partial charge is 0.283 e. The average molecular weight is 500 g/mol. The number of thioether (sulfide) groups is 1. The van der Waals surface area contributed by atoms with E-state index in [4.69, 9.17) is 17.0 Å². The predicted octanol–water partition coefficient (Wildman–Crippen LogP) is 4.95. The minimum atomic E-state index is -0.236. The molecule has 1 aliphatic rings. The summed E-state index contributed by atoms with van der Waals surface area (Å²) in [5, 5.41) is 3.29. The molecule has 3 rings (SSSR count). The molecule has 0 aromatic heterocycles. The van der Waals surface area contributed by atoms with Crippen LogP contribution in [0.2, 0.25) is 0 Å². The van der Waals surface area contributed by atoms with Crippen LogP contribution in [0.5, 0.6) is 5.75 Å². The quantitative estimate of drug-likeness (QED) is 0.602. The highest BCUT2D eigenvalue weighted by Gasteiger charge is 2.24. The lowest BCUT2D eigenvalue weighted by Crippen LogP contribution is -2.47. The summed E-state index contributed by atoms with van der Waals surface area (Å²) in [5.41, 5.74) is 4.57. The predicted molar refractivity (Wildman–Crippen MR) is 112 cm³/mol. The highest BCUT2D eigenvalue weighted by molar-refractivity contribution is 9.10. The molecule has 0 bridgehead atoms. The lowest BCUT2D eigenvalue weighted by Gasteiger charge is -2.30. The first kappa shape index (κ1) is 18.4. The Morgan fingerprint density at radius 1 is 1.08 bits per heavy atom. The Balaban J connectivity index is 1.75. The molecule has 8 heteroatoms. The molecule has 1 amide bonds. The number of hydrazine groups is 1. The molecule has 0 saturated heterocycles. The van der Waals surface area contributed by atoms with E-state index in [1.807, 2.05) is 41.8 Å². The molecule has 1 heterocycles. The van der Waals surface area contributed by atoms with E-state index in [9.17, 15) is 4.79 Å². The fourth-order valence-electron chi connectivity index (χ4n) is 2.09. The molecule has 0 spiro atoms. The van der Waals surface area contributed by atoms with Gasteiger partial charge in [0.15, 0.2) is 10.9 Å². The van der Waals surface area contributed by atoms with Crippen LogP contribution >= 0.6 is 55.8 Å². The van der Waals surface area contributed by atoms with Gasteiger partial charge in [-0.1, -0.05) is 68.0 Å². The molecule has 0 unspecified atom stereocenters. The molecule has 25 heavy (non-hydrogen) atoms. The number of carbonyl (C=O) groups is 1. The minimum absolute atomic E-state index is 0.101. The van der Waals surface area contributed by atoms with Crippen molar-refractivity contribution in [2.45, 2.75) is 0 Å². The zero-order chi connectivity index (χ0) is 17.8.